The highest BCUT2D eigenvalue weighted by molar-refractivity contribution is 5.94. The van der Waals surface area contributed by atoms with Crippen LogP contribution in [0, 0.1) is 23.2 Å². The molecule has 6 nitrogen and oxygen atoms in total. The average molecular weight is 496 g/mol. The van der Waals surface area contributed by atoms with Crippen molar-refractivity contribution < 1.29 is 24.2 Å². The Labute approximate surface area is 216 Å². The van der Waals surface area contributed by atoms with E-state index in [1.54, 1.807) is 25.2 Å². The molecule has 0 aliphatic carbocycles. The summed E-state index contributed by atoms with van der Waals surface area (Å²) in [5.74, 6) is 4.86. The van der Waals surface area contributed by atoms with Crippen LogP contribution in [0.1, 0.15) is 67.2 Å². The van der Waals surface area contributed by atoms with Gasteiger partial charge in [-0.2, -0.15) is 0 Å². The van der Waals surface area contributed by atoms with E-state index in [0.717, 1.165) is 0 Å². The lowest BCUT2D eigenvalue weighted by Gasteiger charge is -2.29. The summed E-state index contributed by atoms with van der Waals surface area (Å²) in [7, 11) is 0. The number of ether oxygens (including phenoxy) is 1. The predicted molar refractivity (Wildman–Crippen MR) is 144 cm³/mol. The number of hydrogen-bond donors (Lipinski definition) is 2. The number of ketones is 1. The molecule has 0 aromatic rings. The van der Waals surface area contributed by atoms with Crippen LogP contribution in [0.3, 0.4) is 0 Å². The van der Waals surface area contributed by atoms with Crippen molar-refractivity contribution in [1.29, 1.82) is 0 Å². The minimum absolute atomic E-state index is 0.0175. The molecule has 0 saturated heterocycles. The Morgan fingerprint density at radius 2 is 1.86 bits per heavy atom. The van der Waals surface area contributed by atoms with E-state index in [-0.39, 0.29) is 30.2 Å². The highest BCUT2D eigenvalue weighted by atomic mass is 16.5. The Kier molecular flexibility index (Phi) is 13.5. The first kappa shape index (κ1) is 30.9. The molecule has 0 unspecified atom stereocenters. The van der Waals surface area contributed by atoms with Crippen LogP contribution in [0.5, 0.6) is 0 Å². The normalized spacial score (nSPS) is 19.1. The first-order valence-corrected chi connectivity index (χ1v) is 12.4. The minimum atomic E-state index is -0.656. The molecule has 1 heterocycles. The zero-order chi connectivity index (χ0) is 27.1. The molecule has 0 aromatic carbocycles. The fourth-order valence-corrected chi connectivity index (χ4v) is 3.44. The molecule has 4 atom stereocenters. The second-order valence-electron chi connectivity index (χ2n) is 10.1. The predicted octanol–water partition coefficient (Wildman–Crippen LogP) is 4.76. The summed E-state index contributed by atoms with van der Waals surface area (Å²) >= 11 is 0. The molecular formula is C30H41NO5. The van der Waals surface area contributed by atoms with Crippen molar-refractivity contribution in [3.05, 3.63) is 60.3 Å². The number of allylic oxidation sites excluding steroid dienone is 4. The van der Waals surface area contributed by atoms with Crippen molar-refractivity contribution in [2.75, 3.05) is 0 Å². The first-order chi connectivity index (χ1) is 17.0. The summed E-state index contributed by atoms with van der Waals surface area (Å²) < 4.78 is 5.39. The van der Waals surface area contributed by atoms with Gasteiger partial charge in [0.05, 0.1) is 12.1 Å². The van der Waals surface area contributed by atoms with E-state index in [1.807, 2.05) is 58.9 Å². The van der Waals surface area contributed by atoms with Gasteiger partial charge in [0.1, 0.15) is 6.10 Å². The second kappa shape index (κ2) is 15.7. The van der Waals surface area contributed by atoms with Crippen molar-refractivity contribution in [2.45, 2.75) is 85.5 Å². The lowest BCUT2D eigenvalue weighted by molar-refractivity contribution is -0.147. The van der Waals surface area contributed by atoms with E-state index in [0.29, 0.717) is 24.8 Å². The summed E-state index contributed by atoms with van der Waals surface area (Å²) in [5.41, 5.74) is 0.175. The standard InChI is InChI=1S/C30H41NO5/c1-7-8-16-24(32)17-13-14-18-25(33)28(30(4,5)6)31-27(34)19-12-10-9-11-15-22(2)26-21-20-23(3)29(35)36-26/h7-8,11-15,19-20,22,24,26,28,32H,16-18,21H2,1-6H3,(H,31,34)/b8-7-,14-13-,15-11-,19-12+/t22-,24-,26-,28+/m0/s1. The molecule has 36 heavy (non-hydrogen) atoms. The molecule has 196 valence electrons. The van der Waals surface area contributed by atoms with Crippen molar-refractivity contribution >= 4 is 17.7 Å². The maximum Gasteiger partial charge on any atom is 0.333 e. The van der Waals surface area contributed by atoms with Gasteiger partial charge in [-0.15, -0.1) is 0 Å². The highest BCUT2D eigenvalue weighted by Crippen LogP contribution is 2.22. The van der Waals surface area contributed by atoms with Gasteiger partial charge >= 0.3 is 5.97 Å². The average Bonchev–Trinajstić information content (AvgIpc) is 2.81. The number of rotatable bonds is 11. The molecule has 1 rings (SSSR count). The zero-order valence-electron chi connectivity index (χ0n) is 22.4. The number of Topliss-reactive ketones (excluding diaryl/α,β-unsaturated/α-hetero) is 1. The van der Waals surface area contributed by atoms with Crippen LogP contribution < -0.4 is 5.32 Å². The van der Waals surface area contributed by atoms with Gasteiger partial charge < -0.3 is 15.2 Å². The van der Waals surface area contributed by atoms with Crippen LogP contribution in [-0.4, -0.2) is 41.0 Å². The molecule has 0 bridgehead atoms. The van der Waals surface area contributed by atoms with E-state index in [4.69, 9.17) is 4.74 Å². The smallest absolute Gasteiger partial charge is 0.333 e. The molecule has 0 aromatic heterocycles. The van der Waals surface area contributed by atoms with Crippen molar-refractivity contribution in [3.8, 4) is 11.8 Å². The largest absolute Gasteiger partial charge is 0.458 e. The Morgan fingerprint density at radius 1 is 1.19 bits per heavy atom. The Morgan fingerprint density at radius 3 is 2.50 bits per heavy atom. The highest BCUT2D eigenvalue weighted by Gasteiger charge is 2.31. The Balaban J connectivity index is 2.58. The van der Waals surface area contributed by atoms with E-state index < -0.39 is 23.5 Å². The van der Waals surface area contributed by atoms with Crippen LogP contribution >= 0.6 is 0 Å². The number of nitrogens with one attached hydrogen (secondary N) is 1. The second-order valence-corrected chi connectivity index (χ2v) is 10.1. The van der Waals surface area contributed by atoms with Crippen LogP contribution in [0.2, 0.25) is 0 Å². The van der Waals surface area contributed by atoms with E-state index in [9.17, 15) is 19.5 Å². The number of cyclic esters (lactones) is 1. The quantitative estimate of drug-likeness (QED) is 0.187. The van der Waals surface area contributed by atoms with Gasteiger partial charge in [0, 0.05) is 30.4 Å². The molecule has 1 aliphatic heterocycles. The van der Waals surface area contributed by atoms with Gasteiger partial charge in [0.15, 0.2) is 5.78 Å². The van der Waals surface area contributed by atoms with Gasteiger partial charge in [0.25, 0.3) is 0 Å². The molecule has 6 heteroatoms. The number of carbonyl (C=O) groups is 3. The zero-order valence-corrected chi connectivity index (χ0v) is 22.4. The number of carbonyl (C=O) groups excluding carboxylic acids is 3. The summed E-state index contributed by atoms with van der Waals surface area (Å²) in [6, 6.07) is -0.656. The molecule has 1 aliphatic rings. The lowest BCUT2D eigenvalue weighted by Crippen LogP contribution is -2.48. The van der Waals surface area contributed by atoms with Crippen LogP contribution in [0.25, 0.3) is 0 Å². The number of esters is 1. The maximum atomic E-state index is 12.8. The van der Waals surface area contributed by atoms with Crippen LogP contribution in [0.15, 0.2) is 60.3 Å². The van der Waals surface area contributed by atoms with Gasteiger partial charge in [-0.25, -0.2) is 4.79 Å². The SMILES string of the molecule is C/C=C\C[C@H](O)C/C=C\CC(=O)[C@@H](NC(=O)/C=C/C#C/C=C\[C@H](C)[C@@H]1CC=C(C)C(=O)O1)C(C)(C)C. The monoisotopic (exact) mass is 495 g/mol. The molecule has 0 fully saturated rings. The summed E-state index contributed by atoms with van der Waals surface area (Å²) in [6.07, 6.45) is 16.7. The van der Waals surface area contributed by atoms with Crippen LogP contribution in [0.4, 0.5) is 0 Å². The number of aliphatic hydroxyl groups is 1. The summed E-state index contributed by atoms with van der Waals surface area (Å²) in [4.78, 5) is 36.8. The van der Waals surface area contributed by atoms with Gasteiger partial charge in [-0.1, -0.05) is 76.0 Å². The number of aliphatic hydroxyl groups excluding tert-OH is 1. The third-order valence-electron chi connectivity index (χ3n) is 5.72. The molecule has 2 N–H and O–H groups in total. The van der Waals surface area contributed by atoms with E-state index in [1.165, 1.54) is 12.2 Å². The molecule has 0 radical (unpaired) electrons. The fourth-order valence-electron chi connectivity index (χ4n) is 3.44. The van der Waals surface area contributed by atoms with Gasteiger partial charge in [-0.3, -0.25) is 9.59 Å². The minimum Gasteiger partial charge on any atom is -0.458 e. The number of hydrogen-bond acceptors (Lipinski definition) is 5. The van der Waals surface area contributed by atoms with Crippen molar-refractivity contribution in [3.63, 3.8) is 0 Å². The Hall–Kier alpha value is -3.17. The molecular weight excluding hydrogens is 454 g/mol. The topological polar surface area (TPSA) is 92.7 Å². The van der Waals surface area contributed by atoms with Crippen molar-refractivity contribution in [1.82, 2.24) is 5.32 Å². The molecule has 0 saturated carbocycles. The maximum absolute atomic E-state index is 12.8. The molecule has 1 amide bonds. The number of amides is 1. The van der Waals surface area contributed by atoms with E-state index >= 15 is 0 Å². The first-order valence-electron chi connectivity index (χ1n) is 12.4. The third kappa shape index (κ3) is 12.0. The lowest BCUT2D eigenvalue weighted by atomic mass is 9.83. The van der Waals surface area contributed by atoms with Gasteiger partial charge in [0.2, 0.25) is 5.91 Å². The molecule has 0 spiro atoms. The fraction of sp³-hybridized carbons (Fsp3) is 0.500. The van der Waals surface area contributed by atoms with Crippen molar-refractivity contribution in [2.24, 2.45) is 11.3 Å². The van der Waals surface area contributed by atoms with Crippen LogP contribution in [-0.2, 0) is 19.1 Å². The Bertz CT molecular complexity index is 966. The third-order valence-corrected chi connectivity index (χ3v) is 5.72. The van der Waals surface area contributed by atoms with Gasteiger partial charge in [-0.05, 0) is 44.3 Å². The summed E-state index contributed by atoms with van der Waals surface area (Å²) in [5, 5.41) is 12.6. The summed E-state index contributed by atoms with van der Waals surface area (Å²) in [6.45, 7) is 11.3. The van der Waals surface area contributed by atoms with E-state index in [2.05, 4.69) is 17.2 Å².